The maximum Gasteiger partial charge on any atom is 0.409 e. The number of carbonyl (C=O) groups excluding carboxylic acids is 3. The van der Waals surface area contributed by atoms with Crippen LogP contribution in [0.15, 0.2) is 30.3 Å². The Bertz CT molecular complexity index is 1010. The Balaban J connectivity index is 1.69. The number of pyridine rings is 1. The van der Waals surface area contributed by atoms with Gasteiger partial charge in [0.25, 0.3) is 17.7 Å². The van der Waals surface area contributed by atoms with Gasteiger partial charge in [0, 0.05) is 32.7 Å². The van der Waals surface area contributed by atoms with E-state index in [1.807, 2.05) is 0 Å². The van der Waals surface area contributed by atoms with Crippen LogP contribution in [-0.2, 0) is 11.3 Å². The van der Waals surface area contributed by atoms with Gasteiger partial charge in [-0.25, -0.2) is 14.2 Å². The first-order valence-electron chi connectivity index (χ1n) is 9.96. The molecule has 11 heteroatoms. The number of ether oxygens (including phenoxy) is 1. The number of aromatic hydroxyl groups is 2. The van der Waals surface area contributed by atoms with Crippen LogP contribution in [0.2, 0.25) is 0 Å². The molecule has 2 aromatic rings. The second-order valence-corrected chi connectivity index (χ2v) is 7.01. The predicted octanol–water partition coefficient (Wildman–Crippen LogP) is 1.48. The largest absolute Gasteiger partial charge is 0.503 e. The highest BCUT2D eigenvalue weighted by molar-refractivity contribution is 6.01. The second kappa shape index (κ2) is 9.94. The lowest BCUT2D eigenvalue weighted by Gasteiger charge is -2.33. The number of carbonyl (C=O) groups is 3. The van der Waals surface area contributed by atoms with Crippen LogP contribution in [-0.4, -0.2) is 75.7 Å². The molecule has 0 atom stereocenters. The van der Waals surface area contributed by atoms with Gasteiger partial charge in [-0.3, -0.25) is 9.59 Å². The zero-order valence-electron chi connectivity index (χ0n) is 17.4. The summed E-state index contributed by atoms with van der Waals surface area (Å²) in [5.74, 6) is -3.33. The van der Waals surface area contributed by atoms with Crippen molar-refractivity contribution in [3.05, 3.63) is 53.0 Å². The van der Waals surface area contributed by atoms with Gasteiger partial charge < -0.3 is 30.1 Å². The van der Waals surface area contributed by atoms with Crippen molar-refractivity contribution in [2.45, 2.75) is 13.5 Å². The molecule has 1 fully saturated rings. The zero-order chi connectivity index (χ0) is 23.3. The van der Waals surface area contributed by atoms with Gasteiger partial charge >= 0.3 is 6.09 Å². The molecule has 3 amide bonds. The van der Waals surface area contributed by atoms with E-state index < -0.39 is 35.4 Å². The van der Waals surface area contributed by atoms with Crippen molar-refractivity contribution in [1.29, 1.82) is 0 Å². The quantitative estimate of drug-likeness (QED) is 0.634. The zero-order valence-corrected chi connectivity index (χ0v) is 17.4. The molecule has 0 bridgehead atoms. The summed E-state index contributed by atoms with van der Waals surface area (Å²) in [5.41, 5.74) is 0.0678. The van der Waals surface area contributed by atoms with E-state index in [0.29, 0.717) is 5.56 Å². The minimum atomic E-state index is -0.854. The van der Waals surface area contributed by atoms with E-state index in [9.17, 15) is 29.0 Å². The molecule has 0 unspecified atom stereocenters. The van der Waals surface area contributed by atoms with E-state index in [4.69, 9.17) is 4.74 Å². The van der Waals surface area contributed by atoms with Gasteiger partial charge in [0.15, 0.2) is 5.75 Å². The summed E-state index contributed by atoms with van der Waals surface area (Å²) in [7, 11) is 0. The van der Waals surface area contributed by atoms with E-state index in [2.05, 4.69) is 10.3 Å². The Morgan fingerprint density at radius 3 is 2.34 bits per heavy atom. The normalized spacial score (nSPS) is 13.6. The summed E-state index contributed by atoms with van der Waals surface area (Å²) >= 11 is 0. The van der Waals surface area contributed by atoms with Crippen molar-refractivity contribution in [1.82, 2.24) is 20.1 Å². The highest BCUT2D eigenvalue weighted by atomic mass is 19.1. The number of hydrogen-bond acceptors (Lipinski definition) is 7. The lowest BCUT2D eigenvalue weighted by molar-refractivity contribution is 0.0565. The second-order valence-electron chi connectivity index (χ2n) is 7.01. The number of halogens is 1. The first kappa shape index (κ1) is 22.8. The number of benzene rings is 1. The van der Waals surface area contributed by atoms with E-state index in [1.54, 1.807) is 6.92 Å². The Hall–Kier alpha value is -3.89. The van der Waals surface area contributed by atoms with Crippen molar-refractivity contribution in [3.63, 3.8) is 0 Å². The molecule has 0 radical (unpaired) electrons. The summed E-state index contributed by atoms with van der Waals surface area (Å²) in [6, 6.07) is 6.56. The molecule has 0 saturated carbocycles. The fraction of sp³-hybridized carbons (Fsp3) is 0.333. The lowest BCUT2D eigenvalue weighted by Crippen LogP contribution is -2.50. The Morgan fingerprint density at radius 1 is 1.09 bits per heavy atom. The van der Waals surface area contributed by atoms with Crippen molar-refractivity contribution in [3.8, 4) is 11.6 Å². The molecular formula is C21H23FN4O6. The average Bonchev–Trinajstić information content (AvgIpc) is 2.80. The molecular weight excluding hydrogens is 423 g/mol. The van der Waals surface area contributed by atoms with Crippen LogP contribution in [0.3, 0.4) is 0 Å². The van der Waals surface area contributed by atoms with Crippen LogP contribution in [0.4, 0.5) is 9.18 Å². The highest BCUT2D eigenvalue weighted by Crippen LogP contribution is 2.28. The molecule has 2 heterocycles. The first-order valence-corrected chi connectivity index (χ1v) is 9.96. The fourth-order valence-corrected chi connectivity index (χ4v) is 3.16. The monoisotopic (exact) mass is 446 g/mol. The van der Waals surface area contributed by atoms with E-state index in [-0.39, 0.29) is 50.6 Å². The van der Waals surface area contributed by atoms with Crippen molar-refractivity contribution < 1.29 is 33.7 Å². The first-order chi connectivity index (χ1) is 15.3. The van der Waals surface area contributed by atoms with E-state index >= 15 is 0 Å². The van der Waals surface area contributed by atoms with Gasteiger partial charge in [0.2, 0.25) is 0 Å². The predicted molar refractivity (Wildman–Crippen MR) is 110 cm³/mol. The van der Waals surface area contributed by atoms with Gasteiger partial charge in [0.1, 0.15) is 11.5 Å². The van der Waals surface area contributed by atoms with Crippen LogP contribution in [0.5, 0.6) is 11.6 Å². The molecule has 0 spiro atoms. The third-order valence-corrected chi connectivity index (χ3v) is 4.90. The molecule has 3 N–H and O–H groups in total. The fourth-order valence-electron chi connectivity index (χ4n) is 3.16. The molecule has 1 aliphatic heterocycles. The van der Waals surface area contributed by atoms with Crippen LogP contribution < -0.4 is 5.32 Å². The summed E-state index contributed by atoms with van der Waals surface area (Å²) in [4.78, 5) is 43.7. The van der Waals surface area contributed by atoms with Crippen LogP contribution in [0, 0.1) is 5.82 Å². The van der Waals surface area contributed by atoms with Crippen LogP contribution in [0.25, 0.3) is 0 Å². The molecule has 1 aromatic heterocycles. The minimum Gasteiger partial charge on any atom is -0.503 e. The molecule has 3 rings (SSSR count). The molecule has 32 heavy (non-hydrogen) atoms. The van der Waals surface area contributed by atoms with Gasteiger partial charge in [0.05, 0.1) is 12.2 Å². The van der Waals surface area contributed by atoms with Gasteiger partial charge in [-0.1, -0.05) is 12.1 Å². The number of nitrogens with one attached hydrogen (secondary N) is 1. The van der Waals surface area contributed by atoms with Crippen molar-refractivity contribution >= 4 is 17.9 Å². The minimum absolute atomic E-state index is 0.0424. The summed E-state index contributed by atoms with van der Waals surface area (Å²) in [6.45, 7) is 2.95. The summed E-state index contributed by atoms with van der Waals surface area (Å²) in [6.07, 6.45) is -0.458. The SMILES string of the molecule is CCOC(=O)N1CCN(C(=O)c2cc(C(=O)NCc3ccc(F)cc3)c(O)c(O)n2)CC1. The van der Waals surface area contributed by atoms with Gasteiger partial charge in [-0.05, 0) is 30.7 Å². The topological polar surface area (TPSA) is 132 Å². The number of nitrogens with zero attached hydrogens (tertiary/aromatic N) is 3. The molecule has 1 aliphatic rings. The van der Waals surface area contributed by atoms with Crippen molar-refractivity contribution in [2.75, 3.05) is 32.8 Å². The third-order valence-electron chi connectivity index (χ3n) is 4.90. The number of rotatable bonds is 5. The van der Waals surface area contributed by atoms with Gasteiger partial charge in [-0.2, -0.15) is 0 Å². The lowest BCUT2D eigenvalue weighted by atomic mass is 10.1. The average molecular weight is 446 g/mol. The number of amides is 3. The maximum absolute atomic E-state index is 13.0. The molecule has 170 valence electrons. The Kier molecular flexibility index (Phi) is 7.08. The van der Waals surface area contributed by atoms with Crippen molar-refractivity contribution in [2.24, 2.45) is 0 Å². The van der Waals surface area contributed by atoms with Crippen LogP contribution in [0.1, 0.15) is 33.3 Å². The van der Waals surface area contributed by atoms with E-state index in [1.165, 1.54) is 34.1 Å². The number of piperazine rings is 1. The smallest absolute Gasteiger partial charge is 0.409 e. The Labute approximate surface area is 183 Å². The summed E-state index contributed by atoms with van der Waals surface area (Å²) in [5, 5.41) is 22.5. The highest BCUT2D eigenvalue weighted by Gasteiger charge is 2.28. The molecule has 0 aliphatic carbocycles. The third kappa shape index (κ3) is 5.23. The standard InChI is InChI=1S/C21H23FN4O6/c1-2-32-21(31)26-9-7-25(8-10-26)20(30)16-11-15(17(27)19(29)24-16)18(28)23-12-13-3-5-14(22)6-4-13/h3-6,11,27H,2,7-10,12H2,1H3,(H,23,28)(H,24,29). The molecule has 10 nitrogen and oxygen atoms in total. The maximum atomic E-state index is 13.0. The molecule has 1 saturated heterocycles. The number of aromatic nitrogens is 1. The summed E-state index contributed by atoms with van der Waals surface area (Å²) < 4.78 is 17.9. The van der Waals surface area contributed by atoms with E-state index in [0.717, 1.165) is 6.07 Å². The molecule has 1 aromatic carbocycles. The Morgan fingerprint density at radius 2 is 1.72 bits per heavy atom. The number of hydrogen-bond donors (Lipinski definition) is 3. The van der Waals surface area contributed by atoms with Gasteiger partial charge in [-0.15, -0.1) is 0 Å². The van der Waals surface area contributed by atoms with Crippen LogP contribution >= 0.6 is 0 Å².